The Morgan fingerprint density at radius 1 is 1.50 bits per heavy atom. The standard InChI is InChI=1S/C13H14ClNO5/c1-3-19-13(16)8-20-11-5-4-10(12(14)7-11)6-9(2)15(17)18/h4-7H,3,8H2,1-2H3. The highest BCUT2D eigenvalue weighted by atomic mass is 35.5. The number of hydrogen-bond donors (Lipinski definition) is 0. The van der Waals surface area contributed by atoms with Gasteiger partial charge in [0.05, 0.1) is 16.6 Å². The fraction of sp³-hybridized carbons (Fsp3) is 0.308. The molecule has 1 rings (SSSR count). The molecule has 0 fully saturated rings. The molecule has 0 unspecified atom stereocenters. The van der Waals surface area contributed by atoms with Crippen LogP contribution in [0.25, 0.3) is 6.08 Å². The lowest BCUT2D eigenvalue weighted by atomic mass is 10.2. The molecule has 0 N–H and O–H groups in total. The zero-order chi connectivity index (χ0) is 15.1. The van der Waals surface area contributed by atoms with Crippen molar-refractivity contribution in [2.45, 2.75) is 13.8 Å². The monoisotopic (exact) mass is 299 g/mol. The van der Waals surface area contributed by atoms with E-state index in [-0.39, 0.29) is 18.9 Å². The Hall–Kier alpha value is -2.08. The second-order valence-electron chi connectivity index (χ2n) is 3.82. The molecule has 0 bridgehead atoms. The smallest absolute Gasteiger partial charge is 0.344 e. The fourth-order valence-electron chi connectivity index (χ4n) is 1.34. The molecule has 0 heterocycles. The number of carbonyl (C=O) groups is 1. The first-order chi connectivity index (χ1) is 9.43. The Kier molecular flexibility index (Phi) is 5.99. The number of rotatable bonds is 6. The summed E-state index contributed by atoms with van der Waals surface area (Å²) in [5.41, 5.74) is 0.483. The lowest BCUT2D eigenvalue weighted by molar-refractivity contribution is -0.422. The summed E-state index contributed by atoms with van der Waals surface area (Å²) >= 11 is 5.99. The van der Waals surface area contributed by atoms with Crippen molar-refractivity contribution in [3.8, 4) is 5.75 Å². The van der Waals surface area contributed by atoms with Crippen LogP contribution in [0, 0.1) is 10.1 Å². The van der Waals surface area contributed by atoms with E-state index >= 15 is 0 Å². The molecule has 7 heteroatoms. The topological polar surface area (TPSA) is 78.7 Å². The van der Waals surface area contributed by atoms with Crippen molar-refractivity contribution in [2.75, 3.05) is 13.2 Å². The number of halogens is 1. The van der Waals surface area contributed by atoms with Crippen molar-refractivity contribution >= 4 is 23.6 Å². The summed E-state index contributed by atoms with van der Waals surface area (Å²) in [5.74, 6) is -0.0873. The van der Waals surface area contributed by atoms with E-state index in [1.165, 1.54) is 19.1 Å². The van der Waals surface area contributed by atoms with E-state index in [9.17, 15) is 14.9 Å². The lowest BCUT2D eigenvalue weighted by Gasteiger charge is -2.07. The Morgan fingerprint density at radius 2 is 2.20 bits per heavy atom. The minimum absolute atomic E-state index is 0.0212. The highest BCUT2D eigenvalue weighted by Crippen LogP contribution is 2.24. The molecule has 6 nitrogen and oxygen atoms in total. The quantitative estimate of drug-likeness (QED) is 0.458. The summed E-state index contributed by atoms with van der Waals surface area (Å²) in [4.78, 5) is 21.2. The van der Waals surface area contributed by atoms with E-state index in [0.717, 1.165) is 0 Å². The van der Waals surface area contributed by atoms with Crippen molar-refractivity contribution in [2.24, 2.45) is 0 Å². The largest absolute Gasteiger partial charge is 0.482 e. The van der Waals surface area contributed by atoms with Crippen LogP contribution in [0.1, 0.15) is 19.4 Å². The van der Waals surface area contributed by atoms with Crippen molar-refractivity contribution in [1.82, 2.24) is 0 Å². The van der Waals surface area contributed by atoms with Gasteiger partial charge < -0.3 is 9.47 Å². The summed E-state index contributed by atoms with van der Waals surface area (Å²) in [7, 11) is 0. The van der Waals surface area contributed by atoms with Gasteiger partial charge in [-0.15, -0.1) is 0 Å². The molecule has 0 spiro atoms. The molecule has 0 aromatic heterocycles. The zero-order valence-corrected chi connectivity index (χ0v) is 11.8. The summed E-state index contributed by atoms with van der Waals surface area (Å²) in [5, 5.41) is 10.8. The van der Waals surface area contributed by atoms with Gasteiger partial charge in [-0.1, -0.05) is 11.6 Å². The van der Waals surface area contributed by atoms with Gasteiger partial charge in [0.15, 0.2) is 6.61 Å². The number of nitro groups is 1. The molecular weight excluding hydrogens is 286 g/mol. The van der Waals surface area contributed by atoms with Gasteiger partial charge in [-0.2, -0.15) is 0 Å². The van der Waals surface area contributed by atoms with Crippen LogP contribution in [0.2, 0.25) is 5.02 Å². The van der Waals surface area contributed by atoms with Crippen LogP contribution in [0.5, 0.6) is 5.75 Å². The molecule has 0 aliphatic rings. The fourth-order valence-corrected chi connectivity index (χ4v) is 1.56. The third kappa shape index (κ3) is 4.89. The molecule has 1 aromatic rings. The number of hydrogen-bond acceptors (Lipinski definition) is 5. The van der Waals surface area contributed by atoms with E-state index in [4.69, 9.17) is 21.1 Å². The Morgan fingerprint density at radius 3 is 2.75 bits per heavy atom. The third-order valence-corrected chi connectivity index (χ3v) is 2.61. The maximum atomic E-state index is 11.1. The van der Waals surface area contributed by atoms with Gasteiger partial charge in [-0.3, -0.25) is 10.1 Å². The van der Waals surface area contributed by atoms with E-state index < -0.39 is 10.9 Å². The molecular formula is C13H14ClNO5. The highest BCUT2D eigenvalue weighted by Gasteiger charge is 2.08. The first kappa shape index (κ1) is 16.0. The molecule has 0 aliphatic carbocycles. The summed E-state index contributed by atoms with van der Waals surface area (Å²) in [6, 6.07) is 4.64. The van der Waals surface area contributed by atoms with E-state index in [0.29, 0.717) is 16.3 Å². The maximum Gasteiger partial charge on any atom is 0.344 e. The van der Waals surface area contributed by atoms with E-state index in [1.54, 1.807) is 19.1 Å². The first-order valence-electron chi connectivity index (χ1n) is 5.84. The van der Waals surface area contributed by atoms with Crippen LogP contribution in [0.3, 0.4) is 0 Å². The third-order valence-electron chi connectivity index (χ3n) is 2.29. The van der Waals surface area contributed by atoms with Crippen LogP contribution >= 0.6 is 11.6 Å². The Labute approximate surface area is 121 Å². The Bertz CT molecular complexity index is 542. The highest BCUT2D eigenvalue weighted by molar-refractivity contribution is 6.32. The molecule has 0 radical (unpaired) electrons. The molecule has 0 amide bonds. The van der Waals surface area contributed by atoms with Crippen LogP contribution < -0.4 is 4.74 Å². The number of ether oxygens (including phenoxy) is 2. The SMILES string of the molecule is CCOC(=O)COc1ccc(C=C(C)[N+](=O)[O-])c(Cl)c1. The summed E-state index contributed by atoms with van der Waals surface area (Å²) in [6.07, 6.45) is 1.36. The maximum absolute atomic E-state index is 11.1. The lowest BCUT2D eigenvalue weighted by Crippen LogP contribution is -2.14. The molecule has 20 heavy (non-hydrogen) atoms. The second kappa shape index (κ2) is 7.49. The zero-order valence-electron chi connectivity index (χ0n) is 11.1. The van der Waals surface area contributed by atoms with Gasteiger partial charge in [-0.05, 0) is 30.7 Å². The summed E-state index contributed by atoms with van der Waals surface area (Å²) in [6.45, 7) is 3.15. The average molecular weight is 300 g/mol. The molecule has 0 saturated carbocycles. The van der Waals surface area contributed by atoms with Gasteiger partial charge in [-0.25, -0.2) is 4.79 Å². The number of carbonyl (C=O) groups excluding carboxylic acids is 1. The molecule has 0 saturated heterocycles. The first-order valence-corrected chi connectivity index (χ1v) is 6.22. The van der Waals surface area contributed by atoms with Crippen LogP contribution in [-0.4, -0.2) is 24.1 Å². The van der Waals surface area contributed by atoms with Crippen molar-refractivity contribution < 1.29 is 19.2 Å². The van der Waals surface area contributed by atoms with Gasteiger partial charge in [0, 0.05) is 13.0 Å². The predicted octanol–water partition coefficient (Wildman–Crippen LogP) is 2.92. The predicted molar refractivity (Wildman–Crippen MR) is 74.2 cm³/mol. The number of esters is 1. The minimum Gasteiger partial charge on any atom is -0.482 e. The van der Waals surface area contributed by atoms with Crippen LogP contribution in [-0.2, 0) is 9.53 Å². The minimum atomic E-state index is -0.499. The average Bonchev–Trinajstić information content (AvgIpc) is 2.39. The second-order valence-corrected chi connectivity index (χ2v) is 4.23. The molecule has 0 aliphatic heterocycles. The van der Waals surface area contributed by atoms with Crippen molar-refractivity contribution in [1.29, 1.82) is 0 Å². The number of allylic oxidation sites excluding steroid dienone is 1. The van der Waals surface area contributed by atoms with Crippen LogP contribution in [0.4, 0.5) is 0 Å². The van der Waals surface area contributed by atoms with E-state index in [1.807, 2.05) is 0 Å². The van der Waals surface area contributed by atoms with Gasteiger partial charge in [0.1, 0.15) is 5.75 Å². The van der Waals surface area contributed by atoms with Crippen LogP contribution in [0.15, 0.2) is 23.9 Å². The number of nitrogens with zero attached hydrogens (tertiary/aromatic N) is 1. The van der Waals surface area contributed by atoms with Crippen molar-refractivity contribution in [3.63, 3.8) is 0 Å². The number of benzene rings is 1. The van der Waals surface area contributed by atoms with Crippen molar-refractivity contribution in [3.05, 3.63) is 44.6 Å². The van der Waals surface area contributed by atoms with Gasteiger partial charge >= 0.3 is 5.97 Å². The summed E-state index contributed by atoms with van der Waals surface area (Å²) < 4.78 is 9.91. The van der Waals surface area contributed by atoms with Gasteiger partial charge in [0.2, 0.25) is 5.70 Å². The molecule has 108 valence electrons. The van der Waals surface area contributed by atoms with E-state index in [2.05, 4.69) is 0 Å². The Balaban J connectivity index is 2.76. The molecule has 0 atom stereocenters. The van der Waals surface area contributed by atoms with Gasteiger partial charge in [0.25, 0.3) is 0 Å². The normalized spacial score (nSPS) is 11.1. The molecule has 1 aromatic carbocycles.